The second-order valence-corrected chi connectivity index (χ2v) is 9.12. The Morgan fingerprint density at radius 1 is 0.615 bits per heavy atom. The predicted molar refractivity (Wildman–Crippen MR) is 148 cm³/mol. The first kappa shape index (κ1) is 27.1. The number of benzene rings is 4. The van der Waals surface area contributed by atoms with E-state index in [2.05, 4.69) is 10.6 Å². The zero-order valence-corrected chi connectivity index (χ0v) is 21.3. The normalized spacial score (nSPS) is 12.1. The molecular weight excluding hydrogens is 492 g/mol. The van der Waals surface area contributed by atoms with E-state index in [1.165, 1.54) is 24.3 Å². The van der Waals surface area contributed by atoms with Crippen LogP contribution in [0.5, 0.6) is 5.75 Å². The Bertz CT molecular complexity index is 1360. The monoisotopic (exact) mass is 522 g/mol. The van der Waals surface area contributed by atoms with E-state index in [1.54, 1.807) is 24.3 Å². The fraction of sp³-hybridized carbons (Fsp3) is 0.156. The topological polar surface area (TPSA) is 105 Å². The third-order valence-corrected chi connectivity index (χ3v) is 6.12. The smallest absolute Gasteiger partial charge is 0.329 e. The van der Waals surface area contributed by atoms with Crippen LogP contribution in [0.15, 0.2) is 115 Å². The maximum absolute atomic E-state index is 13.3. The number of nitrogens with one attached hydrogen (secondary N) is 2. The van der Waals surface area contributed by atoms with Gasteiger partial charge >= 0.3 is 5.97 Å². The summed E-state index contributed by atoms with van der Waals surface area (Å²) < 4.78 is 5.70. The van der Waals surface area contributed by atoms with Crippen molar-refractivity contribution in [3.63, 3.8) is 0 Å². The Hall–Kier alpha value is -4.91. The highest BCUT2D eigenvalue weighted by atomic mass is 16.5. The lowest BCUT2D eigenvalue weighted by Gasteiger charge is -2.22. The van der Waals surface area contributed by atoms with Crippen LogP contribution in [0, 0.1) is 0 Å². The van der Waals surface area contributed by atoms with Gasteiger partial charge in [-0.1, -0.05) is 78.9 Å². The molecule has 0 fully saturated rings. The van der Waals surface area contributed by atoms with Gasteiger partial charge < -0.3 is 20.5 Å². The van der Waals surface area contributed by atoms with Crippen LogP contribution in [-0.2, 0) is 22.4 Å². The number of carbonyl (C=O) groups is 3. The van der Waals surface area contributed by atoms with Gasteiger partial charge in [0.25, 0.3) is 11.8 Å². The molecule has 4 rings (SSSR count). The maximum Gasteiger partial charge on any atom is 0.329 e. The number of ether oxygens (including phenoxy) is 1. The van der Waals surface area contributed by atoms with Crippen LogP contribution in [0.3, 0.4) is 0 Å². The van der Waals surface area contributed by atoms with Crippen molar-refractivity contribution in [3.8, 4) is 5.75 Å². The molecule has 0 unspecified atom stereocenters. The van der Waals surface area contributed by atoms with Gasteiger partial charge in [-0.2, -0.15) is 0 Å². The predicted octanol–water partition coefficient (Wildman–Crippen LogP) is 4.32. The molecule has 0 saturated carbocycles. The molecular formula is C32H30N2O5. The number of carbonyl (C=O) groups excluding carboxylic acids is 3. The molecule has 198 valence electrons. The van der Waals surface area contributed by atoms with Gasteiger partial charge in [-0.05, 0) is 53.9 Å². The maximum atomic E-state index is 13.3. The van der Waals surface area contributed by atoms with Crippen molar-refractivity contribution in [2.24, 2.45) is 0 Å². The number of aromatic hydroxyl groups is 1. The molecule has 3 N–H and O–H groups in total. The van der Waals surface area contributed by atoms with Gasteiger partial charge in [-0.15, -0.1) is 0 Å². The summed E-state index contributed by atoms with van der Waals surface area (Å²) >= 11 is 0. The van der Waals surface area contributed by atoms with Crippen LogP contribution in [0.1, 0.15) is 31.8 Å². The van der Waals surface area contributed by atoms with E-state index in [-0.39, 0.29) is 24.7 Å². The summed E-state index contributed by atoms with van der Waals surface area (Å²) in [5.74, 6) is -1.31. The Labute approximate surface area is 227 Å². The highest BCUT2D eigenvalue weighted by Crippen LogP contribution is 2.12. The fourth-order valence-electron chi connectivity index (χ4n) is 4.09. The van der Waals surface area contributed by atoms with Gasteiger partial charge in [-0.3, -0.25) is 9.59 Å². The van der Waals surface area contributed by atoms with Crippen LogP contribution in [0.25, 0.3) is 0 Å². The van der Waals surface area contributed by atoms with E-state index in [0.717, 1.165) is 11.1 Å². The summed E-state index contributed by atoms with van der Waals surface area (Å²) in [4.78, 5) is 39.0. The van der Waals surface area contributed by atoms with Gasteiger partial charge in [0, 0.05) is 17.5 Å². The van der Waals surface area contributed by atoms with Gasteiger partial charge in [0.2, 0.25) is 0 Å². The third-order valence-electron chi connectivity index (χ3n) is 6.12. The molecule has 7 heteroatoms. The highest BCUT2D eigenvalue weighted by molar-refractivity contribution is 5.97. The van der Waals surface area contributed by atoms with Crippen LogP contribution in [-0.4, -0.2) is 41.6 Å². The molecule has 0 bridgehead atoms. The molecule has 2 amide bonds. The zero-order valence-electron chi connectivity index (χ0n) is 21.3. The lowest BCUT2D eigenvalue weighted by Crippen LogP contribution is -2.46. The molecule has 4 aromatic rings. The Kier molecular flexibility index (Phi) is 9.45. The van der Waals surface area contributed by atoms with E-state index >= 15 is 0 Å². The lowest BCUT2D eigenvalue weighted by molar-refractivity contribution is -0.146. The number of amides is 2. The number of phenolic OH excluding ortho intramolecular Hbond substituents is 1. The first-order chi connectivity index (χ1) is 19.0. The minimum atomic E-state index is -0.962. The van der Waals surface area contributed by atoms with Crippen molar-refractivity contribution in [1.29, 1.82) is 0 Å². The fourth-order valence-corrected chi connectivity index (χ4v) is 4.09. The summed E-state index contributed by atoms with van der Waals surface area (Å²) in [5, 5.41) is 15.3. The summed E-state index contributed by atoms with van der Waals surface area (Å²) in [6.07, 6.45) is 0.680. The second kappa shape index (κ2) is 13.6. The first-order valence-corrected chi connectivity index (χ1v) is 12.7. The van der Waals surface area contributed by atoms with Gasteiger partial charge in [0.15, 0.2) is 0 Å². The third kappa shape index (κ3) is 8.30. The summed E-state index contributed by atoms with van der Waals surface area (Å²) in [6, 6.07) is 32.1. The van der Waals surface area contributed by atoms with E-state index in [9.17, 15) is 19.5 Å². The number of hydrogen-bond donors (Lipinski definition) is 3. The van der Waals surface area contributed by atoms with Crippen molar-refractivity contribution in [2.45, 2.75) is 24.9 Å². The molecule has 4 aromatic carbocycles. The Balaban J connectivity index is 1.47. The molecule has 2 atom stereocenters. The molecule has 0 saturated heterocycles. The lowest BCUT2D eigenvalue weighted by atomic mass is 10.0. The zero-order chi connectivity index (χ0) is 27.5. The SMILES string of the molecule is O=C(N[C@@H](COC(=O)[C@@H](Cc1ccccc1)NC(=O)c1ccc(O)cc1)Cc1ccccc1)c1ccccc1. The highest BCUT2D eigenvalue weighted by Gasteiger charge is 2.25. The van der Waals surface area contributed by atoms with Crippen LogP contribution in [0.4, 0.5) is 0 Å². The second-order valence-electron chi connectivity index (χ2n) is 9.12. The van der Waals surface area contributed by atoms with E-state index in [4.69, 9.17) is 4.74 Å². The van der Waals surface area contributed by atoms with Crippen molar-refractivity contribution in [3.05, 3.63) is 138 Å². The standard InChI is InChI=1S/C32H30N2O5/c35-28-18-16-26(17-19-28)31(37)34-29(21-24-12-6-2-7-13-24)32(38)39-22-27(20-23-10-4-1-5-11-23)33-30(36)25-14-8-3-9-15-25/h1-19,27,29,35H,20-22H2,(H,33,36)(H,34,37)/t27-,29-/m1/s1. The first-order valence-electron chi connectivity index (χ1n) is 12.7. The largest absolute Gasteiger partial charge is 0.508 e. The Morgan fingerprint density at radius 3 is 1.69 bits per heavy atom. The summed E-state index contributed by atoms with van der Waals surface area (Å²) in [5.41, 5.74) is 2.64. The van der Waals surface area contributed by atoms with Gasteiger partial charge in [0.1, 0.15) is 18.4 Å². The molecule has 0 spiro atoms. The quantitative estimate of drug-likeness (QED) is 0.255. The van der Waals surface area contributed by atoms with Gasteiger partial charge in [0.05, 0.1) is 6.04 Å². The number of hydrogen-bond acceptors (Lipinski definition) is 5. The molecule has 7 nitrogen and oxygen atoms in total. The van der Waals surface area contributed by atoms with Crippen LogP contribution < -0.4 is 10.6 Å². The molecule has 0 aromatic heterocycles. The minimum absolute atomic E-state index is 0.0359. The number of phenols is 1. The number of rotatable bonds is 11. The summed E-state index contributed by atoms with van der Waals surface area (Å²) in [6.45, 7) is -0.0767. The Morgan fingerprint density at radius 2 is 1.10 bits per heavy atom. The number of esters is 1. The van der Waals surface area contributed by atoms with E-state index < -0.39 is 24.0 Å². The van der Waals surface area contributed by atoms with Crippen LogP contribution in [0.2, 0.25) is 0 Å². The molecule has 0 heterocycles. The van der Waals surface area contributed by atoms with Gasteiger partial charge in [-0.25, -0.2) is 4.79 Å². The van der Waals surface area contributed by atoms with E-state index in [1.807, 2.05) is 66.7 Å². The molecule has 0 aliphatic rings. The minimum Gasteiger partial charge on any atom is -0.508 e. The van der Waals surface area contributed by atoms with Crippen molar-refractivity contribution in [2.75, 3.05) is 6.61 Å². The van der Waals surface area contributed by atoms with Crippen molar-refractivity contribution in [1.82, 2.24) is 10.6 Å². The average Bonchev–Trinajstić information content (AvgIpc) is 2.97. The van der Waals surface area contributed by atoms with Crippen molar-refractivity contribution >= 4 is 17.8 Å². The molecule has 0 radical (unpaired) electrons. The van der Waals surface area contributed by atoms with Crippen molar-refractivity contribution < 1.29 is 24.2 Å². The average molecular weight is 523 g/mol. The van der Waals surface area contributed by atoms with E-state index in [0.29, 0.717) is 17.5 Å². The molecule has 39 heavy (non-hydrogen) atoms. The van der Waals surface area contributed by atoms with Crippen LogP contribution >= 0.6 is 0 Å². The molecule has 0 aliphatic carbocycles. The summed E-state index contributed by atoms with van der Waals surface area (Å²) in [7, 11) is 0. The molecule has 0 aliphatic heterocycles.